The lowest BCUT2D eigenvalue weighted by molar-refractivity contribution is -0.870. The van der Waals surface area contributed by atoms with Gasteiger partial charge in [-0.2, -0.15) is 0 Å². The largest absolute Gasteiger partial charge is 0.331 e. The Morgan fingerprint density at radius 3 is 2.31 bits per heavy atom. The lowest BCUT2D eigenvalue weighted by Crippen LogP contribution is -2.35. The summed E-state index contributed by atoms with van der Waals surface area (Å²) in [5, 5.41) is 0.794. The molecular weight excluding hydrogens is 218 g/mol. The van der Waals surface area contributed by atoms with Crippen molar-refractivity contribution in [2.24, 2.45) is 0 Å². The Labute approximate surface area is 104 Å². The smallest absolute Gasteiger partial charge is 0.0783 e. The molecule has 0 heterocycles. The fourth-order valence-electron chi connectivity index (χ4n) is 1.48. The number of halogens is 1. The van der Waals surface area contributed by atoms with E-state index in [0.717, 1.165) is 15.9 Å². The van der Waals surface area contributed by atoms with Gasteiger partial charge in [-0.25, -0.2) is 0 Å². The fraction of sp³-hybridized carbons (Fsp3) is 0.429. The molecule has 0 aromatic heterocycles. The molecule has 88 valence electrons. The monoisotopic (exact) mass is 238 g/mol. The van der Waals surface area contributed by atoms with E-state index in [1.807, 2.05) is 24.3 Å². The first-order valence-corrected chi connectivity index (χ1v) is 6.08. The zero-order chi connectivity index (χ0) is 12.0. The first kappa shape index (κ1) is 13.3. The topological polar surface area (TPSA) is 0 Å². The number of quaternary nitrogens is 1. The van der Waals surface area contributed by atoms with Crippen molar-refractivity contribution in [1.82, 2.24) is 0 Å². The summed E-state index contributed by atoms with van der Waals surface area (Å²) in [5.74, 6) is 0. The van der Waals surface area contributed by atoms with Gasteiger partial charge in [0.15, 0.2) is 0 Å². The molecular formula is C14H21ClN+. The number of rotatable bonds is 5. The van der Waals surface area contributed by atoms with Crippen molar-refractivity contribution in [3.05, 3.63) is 40.9 Å². The lowest BCUT2D eigenvalue weighted by Gasteiger charge is -2.23. The highest BCUT2D eigenvalue weighted by Gasteiger charge is 2.03. The third kappa shape index (κ3) is 5.94. The summed E-state index contributed by atoms with van der Waals surface area (Å²) in [7, 11) is 6.68. The summed E-state index contributed by atoms with van der Waals surface area (Å²) in [6, 6.07) is 7.93. The third-order valence-electron chi connectivity index (χ3n) is 2.38. The average Bonchev–Trinajstić information content (AvgIpc) is 2.19. The minimum absolute atomic E-state index is 0.794. The number of nitrogens with zero attached hydrogens (tertiary/aromatic N) is 1. The Bertz CT molecular complexity index is 333. The van der Waals surface area contributed by atoms with Gasteiger partial charge in [0.25, 0.3) is 0 Å². The van der Waals surface area contributed by atoms with E-state index in [1.165, 1.54) is 18.5 Å². The molecule has 1 aromatic rings. The SMILES string of the molecule is C[N+](C)(C)CCC/C=C/c1ccc(Cl)cc1. The number of hydrogen-bond donors (Lipinski definition) is 0. The molecule has 2 heteroatoms. The Kier molecular flexibility index (Phi) is 5.04. The average molecular weight is 239 g/mol. The highest BCUT2D eigenvalue weighted by Crippen LogP contribution is 2.11. The summed E-state index contributed by atoms with van der Waals surface area (Å²) < 4.78 is 1.04. The molecule has 1 aromatic carbocycles. The van der Waals surface area contributed by atoms with Gasteiger partial charge in [-0.3, -0.25) is 0 Å². The summed E-state index contributed by atoms with van der Waals surface area (Å²) in [4.78, 5) is 0. The Morgan fingerprint density at radius 2 is 1.75 bits per heavy atom. The molecule has 0 aliphatic rings. The van der Waals surface area contributed by atoms with E-state index < -0.39 is 0 Å². The van der Waals surface area contributed by atoms with Gasteiger partial charge < -0.3 is 4.48 Å². The molecule has 0 aliphatic heterocycles. The van der Waals surface area contributed by atoms with Gasteiger partial charge in [-0.05, 0) is 30.5 Å². The highest BCUT2D eigenvalue weighted by molar-refractivity contribution is 6.30. The Morgan fingerprint density at radius 1 is 1.12 bits per heavy atom. The predicted molar refractivity (Wildman–Crippen MR) is 72.6 cm³/mol. The maximum absolute atomic E-state index is 5.82. The van der Waals surface area contributed by atoms with Crippen LogP contribution in [0.1, 0.15) is 18.4 Å². The van der Waals surface area contributed by atoms with E-state index in [4.69, 9.17) is 11.6 Å². The molecule has 0 bridgehead atoms. The molecule has 0 aliphatic carbocycles. The van der Waals surface area contributed by atoms with Gasteiger partial charge in [0.2, 0.25) is 0 Å². The van der Waals surface area contributed by atoms with Gasteiger partial charge in [-0.1, -0.05) is 35.9 Å². The summed E-state index contributed by atoms with van der Waals surface area (Å²) in [6.07, 6.45) is 6.76. The van der Waals surface area contributed by atoms with Gasteiger partial charge in [-0.15, -0.1) is 0 Å². The van der Waals surface area contributed by atoms with Crippen LogP contribution in [-0.2, 0) is 0 Å². The van der Waals surface area contributed by atoms with Crippen LogP contribution in [0.2, 0.25) is 5.02 Å². The van der Waals surface area contributed by atoms with Crippen molar-refractivity contribution in [3.8, 4) is 0 Å². The summed E-state index contributed by atoms with van der Waals surface area (Å²) in [5.41, 5.74) is 1.22. The van der Waals surface area contributed by atoms with E-state index >= 15 is 0 Å². The molecule has 0 N–H and O–H groups in total. The number of allylic oxidation sites excluding steroid dienone is 1. The molecule has 0 atom stereocenters. The minimum atomic E-state index is 0.794. The molecule has 0 spiro atoms. The van der Waals surface area contributed by atoms with Crippen LogP contribution in [0.5, 0.6) is 0 Å². The van der Waals surface area contributed by atoms with E-state index in [0.29, 0.717) is 0 Å². The fourth-order valence-corrected chi connectivity index (χ4v) is 1.60. The lowest BCUT2D eigenvalue weighted by atomic mass is 10.2. The standard InChI is InChI=1S/C14H21ClN/c1-16(2,3)12-6-4-5-7-13-8-10-14(15)11-9-13/h5,7-11H,4,6,12H2,1-3H3/q+1/b7-5+. The quantitative estimate of drug-likeness (QED) is 0.540. The van der Waals surface area contributed by atoms with Gasteiger partial charge in [0.05, 0.1) is 27.7 Å². The highest BCUT2D eigenvalue weighted by atomic mass is 35.5. The zero-order valence-corrected chi connectivity index (χ0v) is 11.2. The van der Waals surface area contributed by atoms with E-state index in [2.05, 4.69) is 33.3 Å². The maximum atomic E-state index is 5.82. The number of hydrogen-bond acceptors (Lipinski definition) is 0. The third-order valence-corrected chi connectivity index (χ3v) is 2.63. The molecule has 0 radical (unpaired) electrons. The van der Waals surface area contributed by atoms with Crippen LogP contribution >= 0.6 is 11.6 Å². The van der Waals surface area contributed by atoms with Crippen molar-refractivity contribution in [2.45, 2.75) is 12.8 Å². The molecule has 0 fully saturated rings. The molecule has 16 heavy (non-hydrogen) atoms. The van der Waals surface area contributed by atoms with Crippen LogP contribution in [-0.4, -0.2) is 32.2 Å². The van der Waals surface area contributed by atoms with Gasteiger partial charge in [0, 0.05) is 5.02 Å². The van der Waals surface area contributed by atoms with Crippen LogP contribution < -0.4 is 0 Å². The summed E-state index contributed by atoms with van der Waals surface area (Å²) >= 11 is 5.82. The van der Waals surface area contributed by atoms with Crippen LogP contribution in [0, 0.1) is 0 Å². The van der Waals surface area contributed by atoms with E-state index in [9.17, 15) is 0 Å². The van der Waals surface area contributed by atoms with Crippen LogP contribution in [0.3, 0.4) is 0 Å². The second-order valence-electron chi connectivity index (χ2n) is 5.11. The Hall–Kier alpha value is -0.790. The van der Waals surface area contributed by atoms with Crippen molar-refractivity contribution in [3.63, 3.8) is 0 Å². The molecule has 0 saturated carbocycles. The molecule has 0 unspecified atom stereocenters. The van der Waals surface area contributed by atoms with Crippen LogP contribution in [0.15, 0.2) is 30.3 Å². The molecule has 1 nitrogen and oxygen atoms in total. The molecule has 1 rings (SSSR count). The van der Waals surface area contributed by atoms with Gasteiger partial charge in [0.1, 0.15) is 0 Å². The first-order valence-electron chi connectivity index (χ1n) is 5.70. The zero-order valence-electron chi connectivity index (χ0n) is 10.4. The number of benzene rings is 1. The number of unbranched alkanes of at least 4 members (excludes halogenated alkanes) is 1. The van der Waals surface area contributed by atoms with Gasteiger partial charge >= 0.3 is 0 Å². The second-order valence-corrected chi connectivity index (χ2v) is 5.55. The van der Waals surface area contributed by atoms with Crippen molar-refractivity contribution < 1.29 is 4.48 Å². The van der Waals surface area contributed by atoms with Crippen molar-refractivity contribution in [2.75, 3.05) is 27.7 Å². The van der Waals surface area contributed by atoms with Crippen molar-refractivity contribution >= 4 is 17.7 Å². The summed E-state index contributed by atoms with van der Waals surface area (Å²) in [6.45, 7) is 1.21. The molecule has 0 saturated heterocycles. The maximum Gasteiger partial charge on any atom is 0.0783 e. The first-order chi connectivity index (χ1) is 7.47. The van der Waals surface area contributed by atoms with Crippen molar-refractivity contribution in [1.29, 1.82) is 0 Å². The van der Waals surface area contributed by atoms with Crippen LogP contribution in [0.25, 0.3) is 6.08 Å². The second kappa shape index (κ2) is 6.07. The van der Waals surface area contributed by atoms with Crippen LogP contribution in [0.4, 0.5) is 0 Å². The normalized spacial score (nSPS) is 12.2. The predicted octanol–water partition coefficient (Wildman–Crippen LogP) is 3.84. The van der Waals surface area contributed by atoms with E-state index in [1.54, 1.807) is 0 Å². The van der Waals surface area contributed by atoms with E-state index in [-0.39, 0.29) is 0 Å². The molecule has 0 amide bonds. The minimum Gasteiger partial charge on any atom is -0.331 e. The Balaban J connectivity index is 2.30.